The van der Waals surface area contributed by atoms with Crippen LogP contribution in [0, 0.1) is 26.2 Å². The molecule has 9 aromatic rings. The first-order valence-electron chi connectivity index (χ1n) is 21.0. The number of terminal acetylenes is 1. The molecule has 3 N–H and O–H groups in total. The van der Waals surface area contributed by atoms with Crippen LogP contribution in [0.2, 0.25) is 0 Å². The molecule has 71 heavy (non-hydrogen) atoms. The highest BCUT2D eigenvalue weighted by Crippen LogP contribution is 2.24. The van der Waals surface area contributed by atoms with Crippen LogP contribution in [0.5, 0.6) is 34.5 Å². The van der Waals surface area contributed by atoms with E-state index in [0.29, 0.717) is 74.2 Å². The predicted molar refractivity (Wildman–Crippen MR) is 266 cm³/mol. The molecule has 6 aromatic heterocycles. The largest absolute Gasteiger partial charge is 0.454 e. The molecule has 0 radical (unpaired) electrons. The first-order chi connectivity index (χ1) is 34.1. The highest BCUT2D eigenvalue weighted by atomic mass is 16.5. The van der Waals surface area contributed by atoms with Crippen LogP contribution in [0.4, 0.5) is 17.5 Å². The third kappa shape index (κ3) is 15.9. The molecule has 0 saturated carbocycles. The van der Waals surface area contributed by atoms with Gasteiger partial charge in [-0.2, -0.15) is 0 Å². The predicted octanol–water partition coefficient (Wildman–Crippen LogP) is 9.98. The second kappa shape index (κ2) is 25.6. The molecule has 0 fully saturated rings. The summed E-state index contributed by atoms with van der Waals surface area (Å²) in [4.78, 5) is 72.3. The highest BCUT2D eigenvalue weighted by molar-refractivity contribution is 6.05. The number of aryl methyl sites for hydroxylation is 2. The molecular weight excluding hydrogens is 901 g/mol. The summed E-state index contributed by atoms with van der Waals surface area (Å²) in [5.41, 5.74) is 4.29. The van der Waals surface area contributed by atoms with Gasteiger partial charge in [0.05, 0.1) is 37.2 Å². The first-order valence-corrected chi connectivity index (χ1v) is 21.0. The van der Waals surface area contributed by atoms with Gasteiger partial charge in [0.25, 0.3) is 17.7 Å². The maximum Gasteiger partial charge on any atom is 0.256 e. The number of hydrogen-bond acceptors (Lipinski definition) is 15. The van der Waals surface area contributed by atoms with Crippen molar-refractivity contribution in [2.45, 2.75) is 21.3 Å². The molecule has 0 atom stereocenters. The molecule has 0 unspecified atom stereocenters. The molecule has 0 spiro atoms. The van der Waals surface area contributed by atoms with E-state index in [9.17, 15) is 14.4 Å². The molecule has 18 heteroatoms. The summed E-state index contributed by atoms with van der Waals surface area (Å²) in [6, 6.07) is 31.4. The SMILES string of the molecule is C.C#Cc1cccc(C(=O)Nc2cc(Oc3cncnc3)ccn2)c1.Cc1cccc(C(=O)Nc2cc(Oc3cncnc3)ccn2)c1.Cc1cccc(C(=O)Nc2cc(Oc3cncnc3)ccn2)c1. The normalized spacial score (nSPS) is 9.87. The van der Waals surface area contributed by atoms with Gasteiger partial charge in [-0.05, 0) is 74.5 Å². The maximum atomic E-state index is 12.3. The van der Waals surface area contributed by atoms with Crippen molar-refractivity contribution in [3.8, 4) is 46.8 Å². The van der Waals surface area contributed by atoms with E-state index in [1.165, 1.54) is 37.6 Å². The summed E-state index contributed by atoms with van der Waals surface area (Å²) in [7, 11) is 0. The van der Waals surface area contributed by atoms with E-state index in [0.717, 1.165) is 11.1 Å². The topological polar surface area (TPSA) is 231 Å². The fourth-order valence-corrected chi connectivity index (χ4v) is 5.94. The van der Waals surface area contributed by atoms with Crippen LogP contribution in [-0.4, -0.2) is 62.6 Å². The monoisotopic (exact) mass is 944 g/mol. The number of nitrogens with one attached hydrogen (secondary N) is 3. The van der Waals surface area contributed by atoms with Gasteiger partial charge in [-0.15, -0.1) is 6.42 Å². The van der Waals surface area contributed by atoms with Crippen LogP contribution in [0.3, 0.4) is 0 Å². The number of ether oxygens (including phenoxy) is 3. The van der Waals surface area contributed by atoms with E-state index < -0.39 is 0 Å². The molecule has 352 valence electrons. The third-order valence-electron chi connectivity index (χ3n) is 9.09. The van der Waals surface area contributed by atoms with Crippen molar-refractivity contribution in [2.75, 3.05) is 16.0 Å². The van der Waals surface area contributed by atoms with Gasteiger partial charge in [-0.1, -0.05) is 54.8 Å². The van der Waals surface area contributed by atoms with Crippen molar-refractivity contribution in [1.29, 1.82) is 0 Å². The minimum atomic E-state index is -0.306. The number of pyridine rings is 3. The van der Waals surface area contributed by atoms with E-state index in [2.05, 4.69) is 66.7 Å². The Kier molecular flexibility index (Phi) is 18.1. The van der Waals surface area contributed by atoms with Gasteiger partial charge < -0.3 is 30.2 Å². The van der Waals surface area contributed by atoms with E-state index in [1.807, 2.05) is 50.2 Å². The molecule has 0 saturated heterocycles. The molecule has 0 aliphatic heterocycles. The molecule has 6 heterocycles. The van der Waals surface area contributed by atoms with Crippen molar-refractivity contribution in [3.63, 3.8) is 0 Å². The average Bonchev–Trinajstić information content (AvgIpc) is 3.38. The standard InChI is InChI=1S/C18H12N4O2.2C17H14N4O2.CH4/c1-2-13-4-3-5-14(8-13)18(23)22-17-9-15(6-7-21-17)24-16-10-19-12-20-11-16;2*1-12-3-2-4-13(7-12)17(22)21-16-8-14(5-6-20-16)23-15-9-18-11-19-10-15;/h1,3-12H,(H,21,22,23);2*2-11H,1H3,(H,20,21,22);1H4. The van der Waals surface area contributed by atoms with Crippen LogP contribution in [0.1, 0.15) is 55.2 Å². The van der Waals surface area contributed by atoms with Gasteiger partial charge in [0.2, 0.25) is 0 Å². The second-order valence-electron chi connectivity index (χ2n) is 14.5. The Labute approximate surface area is 408 Å². The van der Waals surface area contributed by atoms with Gasteiger partial charge in [0.1, 0.15) is 53.7 Å². The molecule has 0 bridgehead atoms. The number of rotatable bonds is 12. The van der Waals surface area contributed by atoms with Crippen molar-refractivity contribution in [3.05, 3.63) is 217 Å². The third-order valence-corrected chi connectivity index (χ3v) is 9.09. The van der Waals surface area contributed by atoms with E-state index in [1.54, 1.807) is 110 Å². The van der Waals surface area contributed by atoms with Crippen LogP contribution in [0.25, 0.3) is 0 Å². The number of hydrogen-bond donors (Lipinski definition) is 3. The Morgan fingerprint density at radius 3 is 1.08 bits per heavy atom. The van der Waals surface area contributed by atoms with Gasteiger partial charge in [0.15, 0.2) is 17.2 Å². The van der Waals surface area contributed by atoms with Crippen LogP contribution < -0.4 is 30.2 Å². The summed E-state index contributed by atoms with van der Waals surface area (Å²) in [5, 5.41) is 8.21. The Bertz CT molecular complexity index is 3090. The maximum absolute atomic E-state index is 12.3. The van der Waals surface area contributed by atoms with Crippen molar-refractivity contribution >= 4 is 35.2 Å². The Hall–Kier alpha value is -10.3. The molecule has 3 aromatic carbocycles. The number of carbonyl (C=O) groups is 3. The summed E-state index contributed by atoms with van der Waals surface area (Å²) < 4.78 is 16.8. The van der Waals surface area contributed by atoms with E-state index in [-0.39, 0.29) is 25.1 Å². The minimum absolute atomic E-state index is 0. The first kappa shape index (κ1) is 50.1. The number of aromatic nitrogens is 9. The molecule has 3 amide bonds. The van der Waals surface area contributed by atoms with Crippen LogP contribution >= 0.6 is 0 Å². The lowest BCUT2D eigenvalue weighted by molar-refractivity contribution is 0.101. The van der Waals surface area contributed by atoms with Gasteiger partial charge in [0, 0.05) is 59.0 Å². The number of nitrogens with zero attached hydrogens (tertiary/aromatic N) is 9. The summed E-state index contributed by atoms with van der Waals surface area (Å²) >= 11 is 0. The van der Waals surface area contributed by atoms with Gasteiger partial charge >= 0.3 is 0 Å². The van der Waals surface area contributed by atoms with Crippen LogP contribution in [0.15, 0.2) is 184 Å². The summed E-state index contributed by atoms with van der Waals surface area (Å²) in [6.45, 7) is 3.87. The van der Waals surface area contributed by atoms with E-state index >= 15 is 0 Å². The number of carbonyl (C=O) groups excluding carboxylic acids is 3. The minimum Gasteiger partial charge on any atom is -0.454 e. The molecule has 0 aliphatic carbocycles. The fraction of sp³-hybridized carbons (Fsp3) is 0.0566. The van der Waals surface area contributed by atoms with Crippen LogP contribution in [-0.2, 0) is 0 Å². The molecular formula is C53H44N12O6. The molecule has 9 rings (SSSR count). The number of anilines is 3. The number of amides is 3. The zero-order chi connectivity index (χ0) is 48.9. The van der Waals surface area contributed by atoms with Crippen molar-refractivity contribution in [2.24, 2.45) is 0 Å². The highest BCUT2D eigenvalue weighted by Gasteiger charge is 2.11. The van der Waals surface area contributed by atoms with Crippen molar-refractivity contribution < 1.29 is 28.6 Å². The Balaban J connectivity index is 0.000000173. The molecule has 18 nitrogen and oxygen atoms in total. The summed E-state index contributed by atoms with van der Waals surface area (Å²) in [5.74, 6) is 6.01. The average molecular weight is 945 g/mol. The zero-order valence-corrected chi connectivity index (χ0v) is 37.4. The van der Waals surface area contributed by atoms with Crippen molar-refractivity contribution in [1.82, 2.24) is 44.9 Å². The molecule has 0 aliphatic rings. The summed E-state index contributed by atoms with van der Waals surface area (Å²) in [6.07, 6.45) is 23.6. The lowest BCUT2D eigenvalue weighted by atomic mass is 10.1. The van der Waals surface area contributed by atoms with Gasteiger partial charge in [-0.25, -0.2) is 44.9 Å². The lowest BCUT2D eigenvalue weighted by Crippen LogP contribution is -2.13. The second-order valence-corrected chi connectivity index (χ2v) is 14.5. The van der Waals surface area contributed by atoms with E-state index in [4.69, 9.17) is 20.6 Å². The van der Waals surface area contributed by atoms with Gasteiger partial charge in [-0.3, -0.25) is 14.4 Å². The quantitative estimate of drug-likeness (QED) is 0.0967. The smallest absolute Gasteiger partial charge is 0.256 e. The number of benzene rings is 3. The lowest BCUT2D eigenvalue weighted by Gasteiger charge is -2.08. The zero-order valence-electron chi connectivity index (χ0n) is 37.4. The fourth-order valence-electron chi connectivity index (χ4n) is 5.94. The Morgan fingerprint density at radius 2 is 0.761 bits per heavy atom. The Morgan fingerprint density at radius 1 is 0.437 bits per heavy atom.